The molecule has 0 unspecified atom stereocenters. The van der Waals surface area contributed by atoms with E-state index in [0.29, 0.717) is 17.1 Å². The van der Waals surface area contributed by atoms with Gasteiger partial charge in [-0.25, -0.2) is 4.79 Å². The van der Waals surface area contributed by atoms with Gasteiger partial charge in [0.2, 0.25) is 5.91 Å². The van der Waals surface area contributed by atoms with Crippen molar-refractivity contribution in [3.8, 4) is 0 Å². The number of aryl methyl sites for hydroxylation is 2. The molecule has 25 heavy (non-hydrogen) atoms. The van der Waals surface area contributed by atoms with E-state index >= 15 is 0 Å². The van der Waals surface area contributed by atoms with Gasteiger partial charge in [-0.3, -0.25) is 14.4 Å². The summed E-state index contributed by atoms with van der Waals surface area (Å²) in [6, 6.07) is 1.72. The second-order valence-corrected chi connectivity index (χ2v) is 7.14. The van der Waals surface area contributed by atoms with Crippen LogP contribution in [0, 0.1) is 13.8 Å². The highest BCUT2D eigenvalue weighted by Crippen LogP contribution is 2.28. The van der Waals surface area contributed by atoms with Crippen LogP contribution in [0.1, 0.15) is 33.4 Å². The third-order valence-corrected chi connectivity index (χ3v) is 4.84. The molecule has 8 heteroatoms. The zero-order valence-electron chi connectivity index (χ0n) is 15.3. The number of rotatable bonds is 7. The lowest BCUT2D eigenvalue weighted by molar-refractivity contribution is -0.117. The van der Waals surface area contributed by atoms with Gasteiger partial charge in [-0.1, -0.05) is 0 Å². The first-order valence-corrected chi connectivity index (χ1v) is 8.85. The molecule has 2 aromatic heterocycles. The van der Waals surface area contributed by atoms with Crippen molar-refractivity contribution < 1.29 is 14.3 Å². The van der Waals surface area contributed by atoms with Gasteiger partial charge in [-0.15, -0.1) is 11.3 Å². The van der Waals surface area contributed by atoms with Crippen molar-refractivity contribution in [1.29, 1.82) is 0 Å². The second-order valence-electron chi connectivity index (χ2n) is 5.88. The number of nitrogens with one attached hydrogen (secondary N) is 1. The first kappa shape index (κ1) is 19.1. The minimum Gasteiger partial charge on any atom is -0.465 e. The first-order valence-electron chi connectivity index (χ1n) is 8.04. The Morgan fingerprint density at radius 1 is 1.40 bits per heavy atom. The number of methoxy groups -OCH3 is 1. The van der Waals surface area contributed by atoms with E-state index in [-0.39, 0.29) is 12.5 Å². The predicted octanol–water partition coefficient (Wildman–Crippen LogP) is 2.44. The van der Waals surface area contributed by atoms with Crippen molar-refractivity contribution in [3.05, 3.63) is 34.0 Å². The number of aromatic nitrogens is 2. The number of amides is 1. The van der Waals surface area contributed by atoms with Gasteiger partial charge in [0, 0.05) is 29.2 Å². The number of carbonyl (C=O) groups is 2. The Balaban J connectivity index is 1.98. The maximum Gasteiger partial charge on any atom is 0.340 e. The monoisotopic (exact) mass is 364 g/mol. The summed E-state index contributed by atoms with van der Waals surface area (Å²) >= 11 is 1.36. The summed E-state index contributed by atoms with van der Waals surface area (Å²) in [5, 5.41) is 7.65. The Morgan fingerprint density at radius 2 is 2.12 bits per heavy atom. The molecular formula is C17H24N4O3S. The molecule has 0 saturated heterocycles. The molecule has 0 aliphatic heterocycles. The number of anilines is 1. The van der Waals surface area contributed by atoms with Gasteiger partial charge < -0.3 is 10.1 Å². The lowest BCUT2D eigenvalue weighted by Gasteiger charge is -2.16. The SMILES string of the molecule is CCn1ncc(CN(C)CC(=O)Nc2sc(C)cc2C(=O)OC)c1C. The van der Waals surface area contributed by atoms with E-state index in [1.165, 1.54) is 18.4 Å². The molecule has 0 spiro atoms. The second kappa shape index (κ2) is 8.26. The van der Waals surface area contributed by atoms with E-state index in [1.54, 1.807) is 6.07 Å². The van der Waals surface area contributed by atoms with E-state index in [4.69, 9.17) is 4.74 Å². The van der Waals surface area contributed by atoms with Crippen LogP contribution in [0.2, 0.25) is 0 Å². The largest absolute Gasteiger partial charge is 0.465 e. The predicted molar refractivity (Wildman–Crippen MR) is 98.0 cm³/mol. The van der Waals surface area contributed by atoms with Crippen LogP contribution in [-0.4, -0.2) is 47.3 Å². The molecule has 0 aromatic carbocycles. The van der Waals surface area contributed by atoms with Crippen molar-refractivity contribution in [3.63, 3.8) is 0 Å². The molecule has 0 bridgehead atoms. The fourth-order valence-corrected chi connectivity index (χ4v) is 3.50. The number of carbonyl (C=O) groups excluding carboxylic acids is 2. The molecule has 136 valence electrons. The van der Waals surface area contributed by atoms with Crippen LogP contribution in [0.25, 0.3) is 0 Å². The third kappa shape index (κ3) is 4.67. The Bertz CT molecular complexity index is 766. The molecule has 2 aromatic rings. The van der Waals surface area contributed by atoms with Crippen LogP contribution >= 0.6 is 11.3 Å². The standard InChI is InChI=1S/C17H24N4O3S/c1-6-21-12(3)13(8-18-21)9-20(4)10-15(22)19-16-14(17(23)24-5)7-11(2)25-16/h7-8H,6,9-10H2,1-5H3,(H,19,22). The van der Waals surface area contributed by atoms with E-state index in [1.807, 2.05) is 43.6 Å². The molecule has 0 saturated carbocycles. The summed E-state index contributed by atoms with van der Waals surface area (Å²) < 4.78 is 6.69. The fraction of sp³-hybridized carbons (Fsp3) is 0.471. The van der Waals surface area contributed by atoms with E-state index in [9.17, 15) is 9.59 Å². The zero-order chi connectivity index (χ0) is 18.6. The quantitative estimate of drug-likeness (QED) is 0.764. The van der Waals surface area contributed by atoms with Crippen molar-refractivity contribution >= 4 is 28.2 Å². The van der Waals surface area contributed by atoms with Crippen LogP contribution in [-0.2, 0) is 22.6 Å². The number of hydrogen-bond donors (Lipinski definition) is 1. The number of nitrogens with zero attached hydrogens (tertiary/aromatic N) is 3. The van der Waals surface area contributed by atoms with Crippen LogP contribution < -0.4 is 5.32 Å². The molecule has 0 aliphatic carbocycles. The lowest BCUT2D eigenvalue weighted by atomic mass is 10.2. The summed E-state index contributed by atoms with van der Waals surface area (Å²) in [7, 11) is 3.21. The molecule has 0 radical (unpaired) electrons. The van der Waals surface area contributed by atoms with E-state index in [0.717, 1.165) is 22.7 Å². The van der Waals surface area contributed by atoms with E-state index < -0.39 is 5.97 Å². The molecule has 1 N–H and O–H groups in total. The minimum atomic E-state index is -0.449. The average molecular weight is 364 g/mol. The highest BCUT2D eigenvalue weighted by Gasteiger charge is 2.18. The van der Waals surface area contributed by atoms with Gasteiger partial charge in [-0.05, 0) is 33.9 Å². The van der Waals surface area contributed by atoms with Gasteiger partial charge in [-0.2, -0.15) is 5.10 Å². The average Bonchev–Trinajstić information content (AvgIpc) is 3.09. The number of hydrogen-bond acceptors (Lipinski definition) is 6. The fourth-order valence-electron chi connectivity index (χ4n) is 2.59. The number of thiophene rings is 1. The van der Waals surface area contributed by atoms with Crippen molar-refractivity contribution in [2.24, 2.45) is 0 Å². The van der Waals surface area contributed by atoms with Crippen LogP contribution in [0.15, 0.2) is 12.3 Å². The lowest BCUT2D eigenvalue weighted by Crippen LogP contribution is -2.30. The number of ether oxygens (including phenoxy) is 1. The summed E-state index contributed by atoms with van der Waals surface area (Å²) in [5.41, 5.74) is 2.59. The molecule has 7 nitrogen and oxygen atoms in total. The smallest absolute Gasteiger partial charge is 0.340 e. The van der Waals surface area contributed by atoms with Gasteiger partial charge in [0.1, 0.15) is 5.00 Å². The number of likely N-dealkylation sites (N-methyl/N-ethyl adjacent to an activating group) is 1. The van der Waals surface area contributed by atoms with Crippen molar-refractivity contribution in [2.45, 2.75) is 33.9 Å². The van der Waals surface area contributed by atoms with Crippen LogP contribution in [0.4, 0.5) is 5.00 Å². The molecular weight excluding hydrogens is 340 g/mol. The van der Waals surface area contributed by atoms with Crippen molar-refractivity contribution in [2.75, 3.05) is 26.0 Å². The molecule has 1 amide bonds. The first-order chi connectivity index (χ1) is 11.8. The van der Waals surface area contributed by atoms with Gasteiger partial charge >= 0.3 is 5.97 Å². The Hall–Kier alpha value is -2.19. The maximum atomic E-state index is 12.3. The van der Waals surface area contributed by atoms with E-state index in [2.05, 4.69) is 10.4 Å². The van der Waals surface area contributed by atoms with Crippen molar-refractivity contribution in [1.82, 2.24) is 14.7 Å². The Morgan fingerprint density at radius 3 is 2.72 bits per heavy atom. The molecule has 0 atom stereocenters. The van der Waals surface area contributed by atoms with Gasteiger partial charge in [0.25, 0.3) is 0 Å². The number of esters is 1. The highest BCUT2D eigenvalue weighted by molar-refractivity contribution is 7.16. The molecule has 0 aliphatic rings. The zero-order valence-corrected chi connectivity index (χ0v) is 16.1. The summed E-state index contributed by atoms with van der Waals surface area (Å²) in [6.07, 6.45) is 1.84. The third-order valence-electron chi connectivity index (χ3n) is 3.87. The topological polar surface area (TPSA) is 76.5 Å². The molecule has 2 rings (SSSR count). The highest BCUT2D eigenvalue weighted by atomic mass is 32.1. The minimum absolute atomic E-state index is 0.171. The van der Waals surface area contributed by atoms with Gasteiger partial charge in [0.15, 0.2) is 0 Å². The van der Waals surface area contributed by atoms with Crippen LogP contribution in [0.3, 0.4) is 0 Å². The molecule has 2 heterocycles. The summed E-state index contributed by atoms with van der Waals surface area (Å²) in [4.78, 5) is 26.9. The Kier molecular flexibility index (Phi) is 6.33. The summed E-state index contributed by atoms with van der Waals surface area (Å²) in [6.45, 7) is 7.62. The van der Waals surface area contributed by atoms with Crippen LogP contribution in [0.5, 0.6) is 0 Å². The van der Waals surface area contributed by atoms with Gasteiger partial charge in [0.05, 0.1) is 25.4 Å². The molecule has 0 fully saturated rings. The normalized spacial score (nSPS) is 11.0. The summed E-state index contributed by atoms with van der Waals surface area (Å²) in [5.74, 6) is -0.620. The Labute approximate surface area is 151 Å². The maximum absolute atomic E-state index is 12.3.